The first-order valence-electron chi connectivity index (χ1n) is 17.5. The molecule has 4 N–H and O–H groups in total. The van der Waals surface area contributed by atoms with Gasteiger partial charge in [0, 0.05) is 69.8 Å². The van der Waals surface area contributed by atoms with Gasteiger partial charge in [0.2, 0.25) is 16.3 Å². The summed E-state index contributed by atoms with van der Waals surface area (Å²) in [4.78, 5) is 53.3. The number of likely N-dealkylation sites (N-methyl/N-ethyl adjacent to an activating group) is 2. The SMILES string of the molecule is CCS(=O)(=O)N1CC(CC#N)(n2cc(-c3ncnc4c3ccn4C(=O)N(C)CCN(C)C(=O)OCc3ncccc3O[C@@H]3O[C@H](C(=O)O)[C@@H](O)[C@H](O)[C@H]3O)cn2)C1. The van der Waals surface area contributed by atoms with Crippen molar-refractivity contribution in [2.75, 3.05) is 46.0 Å². The molecule has 0 saturated carbocycles. The second-order valence-corrected chi connectivity index (χ2v) is 15.8. The van der Waals surface area contributed by atoms with E-state index < -0.39 is 71.0 Å². The molecule has 0 radical (unpaired) electrons. The van der Waals surface area contributed by atoms with E-state index in [1.165, 1.54) is 56.6 Å². The number of amides is 2. The van der Waals surface area contributed by atoms with Crippen LogP contribution >= 0.6 is 0 Å². The molecule has 2 aliphatic heterocycles. The van der Waals surface area contributed by atoms with Crippen molar-refractivity contribution in [1.82, 2.24) is 43.4 Å². The molecule has 2 saturated heterocycles. The molecule has 57 heavy (non-hydrogen) atoms. The molecule has 2 fully saturated rings. The number of hydrogen-bond acceptors (Lipinski definition) is 16. The molecule has 6 rings (SSSR count). The fourth-order valence-electron chi connectivity index (χ4n) is 6.34. The van der Waals surface area contributed by atoms with Gasteiger partial charge in [0.15, 0.2) is 11.8 Å². The summed E-state index contributed by atoms with van der Waals surface area (Å²) in [5.41, 5.74) is 0.586. The van der Waals surface area contributed by atoms with Gasteiger partial charge < -0.3 is 44.4 Å². The number of pyridine rings is 1. The van der Waals surface area contributed by atoms with Crippen LogP contribution in [-0.4, -0.2) is 167 Å². The van der Waals surface area contributed by atoms with E-state index in [2.05, 4.69) is 26.1 Å². The van der Waals surface area contributed by atoms with Crippen LogP contribution < -0.4 is 4.74 Å². The summed E-state index contributed by atoms with van der Waals surface area (Å²) in [6, 6.07) is 6.21. The molecule has 4 aromatic heterocycles. The second-order valence-electron chi connectivity index (χ2n) is 13.5. The molecule has 0 aromatic carbocycles. The molecular weight excluding hydrogens is 772 g/mol. The molecule has 5 atom stereocenters. The van der Waals surface area contributed by atoms with Crippen LogP contribution in [0.2, 0.25) is 0 Å². The van der Waals surface area contributed by atoms with E-state index in [4.69, 9.17) is 14.2 Å². The fraction of sp³-hybridized carbons (Fsp3) is 0.471. The van der Waals surface area contributed by atoms with Gasteiger partial charge in [0.25, 0.3) is 0 Å². The number of carboxylic acid groups (broad SMARTS) is 1. The van der Waals surface area contributed by atoms with Crippen LogP contribution in [-0.2, 0) is 36.4 Å². The zero-order chi connectivity index (χ0) is 41.2. The van der Waals surface area contributed by atoms with Crippen LogP contribution in [0.3, 0.4) is 0 Å². The van der Waals surface area contributed by atoms with Crippen LogP contribution in [0.1, 0.15) is 19.0 Å². The van der Waals surface area contributed by atoms with E-state index in [1.807, 2.05) is 0 Å². The van der Waals surface area contributed by atoms with E-state index in [0.717, 1.165) is 0 Å². The summed E-state index contributed by atoms with van der Waals surface area (Å²) in [6.07, 6.45) is -2.45. The molecule has 6 heterocycles. The van der Waals surface area contributed by atoms with E-state index >= 15 is 0 Å². The molecule has 0 aliphatic carbocycles. The smallest absolute Gasteiger partial charge is 0.409 e. The lowest BCUT2D eigenvalue weighted by atomic mass is 9.89. The molecule has 2 amide bonds. The number of carboxylic acids is 1. The highest BCUT2D eigenvalue weighted by Gasteiger charge is 2.50. The fourth-order valence-corrected chi connectivity index (χ4v) is 7.58. The summed E-state index contributed by atoms with van der Waals surface area (Å²) < 4.78 is 45.1. The van der Waals surface area contributed by atoms with Crippen molar-refractivity contribution < 1.29 is 57.4 Å². The third-order valence-corrected chi connectivity index (χ3v) is 11.6. The Balaban J connectivity index is 1.06. The van der Waals surface area contributed by atoms with Crippen molar-refractivity contribution in [2.24, 2.45) is 0 Å². The van der Waals surface area contributed by atoms with Crippen molar-refractivity contribution in [2.45, 2.75) is 56.2 Å². The van der Waals surface area contributed by atoms with E-state index in [1.54, 1.807) is 37.1 Å². The largest absolute Gasteiger partial charge is 0.479 e. The Morgan fingerprint density at radius 3 is 2.51 bits per heavy atom. The van der Waals surface area contributed by atoms with Gasteiger partial charge in [-0.3, -0.25) is 14.2 Å². The number of carbonyl (C=O) groups is 3. The third kappa shape index (κ3) is 8.08. The van der Waals surface area contributed by atoms with Crippen molar-refractivity contribution in [3.8, 4) is 23.1 Å². The number of carbonyl (C=O) groups excluding carboxylic acids is 2. The topological polar surface area (TPSA) is 289 Å². The quantitative estimate of drug-likeness (QED) is 0.131. The summed E-state index contributed by atoms with van der Waals surface area (Å²) in [6.45, 7) is 1.49. The van der Waals surface area contributed by atoms with E-state index in [0.29, 0.717) is 22.3 Å². The number of ether oxygens (including phenoxy) is 3. The minimum absolute atomic E-state index is 0.0472. The number of aliphatic carboxylic acids is 1. The highest BCUT2D eigenvalue weighted by atomic mass is 32.2. The maximum atomic E-state index is 13.6. The molecule has 4 aromatic rings. The van der Waals surface area contributed by atoms with E-state index in [-0.39, 0.29) is 49.8 Å². The van der Waals surface area contributed by atoms with Crippen molar-refractivity contribution in [3.05, 3.63) is 55.0 Å². The Morgan fingerprint density at radius 1 is 1.07 bits per heavy atom. The number of nitriles is 1. The zero-order valence-electron chi connectivity index (χ0n) is 30.9. The number of aliphatic hydroxyl groups is 3. The van der Waals surface area contributed by atoms with Gasteiger partial charge in [-0.2, -0.15) is 14.7 Å². The Hall–Kier alpha value is -5.77. The van der Waals surface area contributed by atoms with Crippen LogP contribution in [0.5, 0.6) is 5.75 Å². The monoisotopic (exact) mass is 812 g/mol. The Kier molecular flexibility index (Phi) is 11.7. The standard InChI is InChI=1S/C34H40N10O12S/c1-4-57(52,53)42-17-34(18-42,8-9-35)44-15-20(14-39-44)24-21-7-11-43(29(21)38-19-37-24)32(50)40(2)12-13-41(3)33(51)54-16-22-23(6-5-10-36-22)55-31-27(47)25(45)26(46)28(56-31)30(48)49/h5-7,10-11,14-15,19,25-28,31,45-47H,4,8,12-13,16-18H2,1-3H3,(H,48,49)/t25-,26-,27+,28-,31+/m0/s1. The molecular formula is C34H40N10O12S. The Morgan fingerprint density at radius 2 is 1.81 bits per heavy atom. The lowest BCUT2D eigenvalue weighted by Crippen LogP contribution is -2.64. The lowest BCUT2D eigenvalue weighted by Gasteiger charge is -2.47. The summed E-state index contributed by atoms with van der Waals surface area (Å²) in [5.74, 6) is -1.68. The second kappa shape index (κ2) is 16.4. The number of sulfonamides is 1. The number of fused-ring (bicyclic) bond motifs is 1. The first kappa shape index (κ1) is 40.9. The van der Waals surface area contributed by atoms with Gasteiger partial charge in [0.1, 0.15) is 48.2 Å². The first-order chi connectivity index (χ1) is 27.1. The van der Waals surface area contributed by atoms with Crippen LogP contribution in [0.4, 0.5) is 9.59 Å². The summed E-state index contributed by atoms with van der Waals surface area (Å²) >= 11 is 0. The number of nitrogens with zero attached hydrogens (tertiary/aromatic N) is 10. The lowest BCUT2D eigenvalue weighted by molar-refractivity contribution is -0.271. The molecule has 0 spiro atoms. The Bertz CT molecular complexity index is 2290. The predicted molar refractivity (Wildman–Crippen MR) is 193 cm³/mol. The van der Waals surface area contributed by atoms with Crippen molar-refractivity contribution in [1.29, 1.82) is 5.26 Å². The maximum absolute atomic E-state index is 13.6. The molecule has 22 nitrogen and oxygen atoms in total. The predicted octanol–water partition coefficient (Wildman–Crippen LogP) is -0.596. The van der Waals surface area contributed by atoms with E-state index in [9.17, 15) is 48.5 Å². The number of hydrogen-bond donors (Lipinski definition) is 4. The summed E-state index contributed by atoms with van der Waals surface area (Å²) in [5, 5.41) is 54.2. The Labute approximate surface area is 325 Å². The van der Waals surface area contributed by atoms with Gasteiger partial charge in [-0.1, -0.05) is 0 Å². The van der Waals surface area contributed by atoms with Gasteiger partial charge in [-0.25, -0.2) is 32.8 Å². The molecule has 304 valence electrons. The van der Waals surface area contributed by atoms with Crippen LogP contribution in [0, 0.1) is 11.3 Å². The minimum atomic E-state index is -3.43. The van der Waals surface area contributed by atoms with Gasteiger partial charge in [-0.15, -0.1) is 0 Å². The number of rotatable bonds is 13. The van der Waals surface area contributed by atoms with Gasteiger partial charge in [-0.05, 0) is 25.1 Å². The van der Waals surface area contributed by atoms with Crippen LogP contribution in [0.25, 0.3) is 22.3 Å². The average molecular weight is 813 g/mol. The normalized spacial score (nSPS) is 21.9. The highest BCUT2D eigenvalue weighted by Crippen LogP contribution is 2.36. The molecule has 23 heteroatoms. The number of aromatic nitrogens is 6. The molecule has 0 bridgehead atoms. The zero-order valence-corrected chi connectivity index (χ0v) is 31.7. The van der Waals surface area contributed by atoms with Crippen molar-refractivity contribution in [3.63, 3.8) is 0 Å². The maximum Gasteiger partial charge on any atom is 0.409 e. The first-order valence-corrected chi connectivity index (χ1v) is 19.1. The van der Waals surface area contributed by atoms with Gasteiger partial charge >= 0.3 is 18.1 Å². The van der Waals surface area contributed by atoms with Gasteiger partial charge in [0.05, 0.1) is 30.1 Å². The third-order valence-electron chi connectivity index (χ3n) is 9.78. The highest BCUT2D eigenvalue weighted by molar-refractivity contribution is 7.89. The minimum Gasteiger partial charge on any atom is -0.479 e. The molecule has 0 unspecified atom stereocenters. The van der Waals surface area contributed by atoms with Crippen LogP contribution in [0.15, 0.2) is 49.3 Å². The summed E-state index contributed by atoms with van der Waals surface area (Å²) in [7, 11) is -0.432. The molecule has 2 aliphatic rings. The average Bonchev–Trinajstić information content (AvgIpc) is 3.85. The van der Waals surface area contributed by atoms with Crippen molar-refractivity contribution >= 4 is 39.2 Å². The number of aliphatic hydroxyl groups excluding tert-OH is 3.